The summed E-state index contributed by atoms with van der Waals surface area (Å²) in [5.41, 5.74) is 0.665. The fourth-order valence-electron chi connectivity index (χ4n) is 1.98. The number of nitriles is 1. The number of hydrogen-bond acceptors (Lipinski definition) is 4. The van der Waals surface area contributed by atoms with Gasteiger partial charge >= 0.3 is 0 Å². The molecular weight excluding hydrogens is 363 g/mol. The van der Waals surface area contributed by atoms with Gasteiger partial charge in [-0.25, -0.2) is 8.42 Å². The van der Waals surface area contributed by atoms with E-state index < -0.39 is 9.84 Å². The highest BCUT2D eigenvalue weighted by atomic mass is 35.5. The molecule has 0 bridgehead atoms. The van der Waals surface area contributed by atoms with Crippen molar-refractivity contribution >= 4 is 45.3 Å². The van der Waals surface area contributed by atoms with Gasteiger partial charge in [0, 0.05) is 27.4 Å². The van der Waals surface area contributed by atoms with E-state index in [0.717, 1.165) is 0 Å². The number of rotatable bonds is 3. The van der Waals surface area contributed by atoms with Gasteiger partial charge in [-0.05, 0) is 12.1 Å². The summed E-state index contributed by atoms with van der Waals surface area (Å²) in [5.74, 6) is -0.110. The molecule has 114 valence electrons. The van der Waals surface area contributed by atoms with Gasteiger partial charge in [0.15, 0.2) is 9.84 Å². The Bertz CT molecular complexity index is 944. The molecule has 0 aliphatic carbocycles. The standard InChI is InChI=1S/C14H10Cl2N2O2S2/c1-2-22(19,20)12-7-18-14(21)10(6-17)13(12)9-4-3-8(15)5-11(9)16/h3-5,7H,2H2,1H3,(H,18,21). The second-order valence-corrected chi connectivity index (χ2v) is 7.87. The average Bonchev–Trinajstić information content (AvgIpc) is 2.47. The number of nitrogens with zero attached hydrogens (tertiary/aromatic N) is 1. The van der Waals surface area contributed by atoms with Gasteiger partial charge in [-0.3, -0.25) is 0 Å². The molecule has 0 radical (unpaired) electrons. The Morgan fingerprint density at radius 1 is 1.36 bits per heavy atom. The van der Waals surface area contributed by atoms with Crippen LogP contribution in [0.5, 0.6) is 0 Å². The smallest absolute Gasteiger partial charge is 0.180 e. The van der Waals surface area contributed by atoms with Crippen LogP contribution >= 0.6 is 35.4 Å². The summed E-state index contributed by atoms with van der Waals surface area (Å²) in [6.45, 7) is 1.52. The molecule has 0 aliphatic heterocycles. The van der Waals surface area contributed by atoms with Crippen LogP contribution in [0.25, 0.3) is 11.1 Å². The van der Waals surface area contributed by atoms with Crippen molar-refractivity contribution in [1.29, 1.82) is 5.26 Å². The monoisotopic (exact) mass is 372 g/mol. The Morgan fingerprint density at radius 3 is 2.59 bits per heavy atom. The zero-order valence-corrected chi connectivity index (χ0v) is 14.5. The van der Waals surface area contributed by atoms with Crippen LogP contribution in [-0.4, -0.2) is 19.2 Å². The lowest BCUT2D eigenvalue weighted by Crippen LogP contribution is -2.08. The molecule has 0 amide bonds. The predicted molar refractivity (Wildman–Crippen MR) is 89.5 cm³/mol. The third kappa shape index (κ3) is 3.03. The number of aromatic amines is 1. The van der Waals surface area contributed by atoms with E-state index in [-0.39, 0.29) is 31.4 Å². The summed E-state index contributed by atoms with van der Waals surface area (Å²) < 4.78 is 24.8. The van der Waals surface area contributed by atoms with Crippen molar-refractivity contribution < 1.29 is 8.42 Å². The zero-order chi connectivity index (χ0) is 16.5. The van der Waals surface area contributed by atoms with Crippen molar-refractivity contribution in [3.8, 4) is 17.2 Å². The van der Waals surface area contributed by atoms with Crippen molar-refractivity contribution in [2.45, 2.75) is 11.8 Å². The molecule has 0 spiro atoms. The number of pyridine rings is 1. The Hall–Kier alpha value is -1.39. The summed E-state index contributed by atoms with van der Waals surface area (Å²) >= 11 is 17.1. The van der Waals surface area contributed by atoms with Crippen LogP contribution in [0.4, 0.5) is 0 Å². The average molecular weight is 373 g/mol. The fraction of sp³-hybridized carbons (Fsp3) is 0.143. The molecule has 0 aliphatic rings. The molecular formula is C14H10Cl2N2O2S2. The lowest BCUT2D eigenvalue weighted by atomic mass is 10.0. The van der Waals surface area contributed by atoms with Gasteiger partial charge in [-0.2, -0.15) is 5.26 Å². The highest BCUT2D eigenvalue weighted by molar-refractivity contribution is 7.91. The van der Waals surface area contributed by atoms with E-state index in [0.29, 0.717) is 10.6 Å². The Kier molecular flexibility index (Phi) is 4.93. The van der Waals surface area contributed by atoms with E-state index in [1.54, 1.807) is 12.1 Å². The van der Waals surface area contributed by atoms with Gasteiger partial charge in [0.1, 0.15) is 10.7 Å². The van der Waals surface area contributed by atoms with E-state index in [1.165, 1.54) is 19.2 Å². The van der Waals surface area contributed by atoms with Crippen molar-refractivity contribution in [1.82, 2.24) is 4.98 Å². The minimum absolute atomic E-state index is 0.00984. The summed E-state index contributed by atoms with van der Waals surface area (Å²) in [6, 6.07) is 6.59. The zero-order valence-electron chi connectivity index (χ0n) is 11.4. The van der Waals surface area contributed by atoms with Crippen molar-refractivity contribution in [3.05, 3.63) is 44.6 Å². The van der Waals surface area contributed by atoms with Crippen molar-refractivity contribution in [2.24, 2.45) is 0 Å². The molecule has 4 nitrogen and oxygen atoms in total. The molecule has 1 heterocycles. The quantitative estimate of drug-likeness (QED) is 0.810. The first-order chi connectivity index (χ1) is 10.3. The summed E-state index contributed by atoms with van der Waals surface area (Å²) in [4.78, 5) is 2.64. The van der Waals surface area contributed by atoms with Gasteiger partial charge in [0.05, 0.1) is 16.2 Å². The van der Waals surface area contributed by atoms with Gasteiger partial charge in [-0.1, -0.05) is 48.4 Å². The molecule has 1 aromatic carbocycles. The first-order valence-corrected chi connectivity index (χ1v) is 8.97. The third-order valence-electron chi connectivity index (χ3n) is 3.09. The van der Waals surface area contributed by atoms with Crippen LogP contribution in [0.3, 0.4) is 0 Å². The maximum absolute atomic E-state index is 12.3. The summed E-state index contributed by atoms with van der Waals surface area (Å²) in [7, 11) is -3.57. The van der Waals surface area contributed by atoms with Crippen LogP contribution in [0.1, 0.15) is 12.5 Å². The molecule has 0 saturated carbocycles. The Labute approximate surface area is 143 Å². The van der Waals surface area contributed by atoms with E-state index >= 15 is 0 Å². The minimum atomic E-state index is -3.57. The predicted octanol–water partition coefficient (Wildman–Crippen LogP) is 4.38. The van der Waals surface area contributed by atoms with Gasteiger partial charge in [-0.15, -0.1) is 0 Å². The number of sulfone groups is 1. The van der Waals surface area contributed by atoms with Crippen LogP contribution < -0.4 is 0 Å². The Balaban J connectivity index is 2.98. The van der Waals surface area contributed by atoms with Crippen LogP contribution in [0.15, 0.2) is 29.3 Å². The van der Waals surface area contributed by atoms with Gasteiger partial charge in [0.25, 0.3) is 0 Å². The highest BCUT2D eigenvalue weighted by Crippen LogP contribution is 2.37. The number of hydrogen-bond donors (Lipinski definition) is 1. The van der Waals surface area contributed by atoms with Crippen LogP contribution in [0, 0.1) is 16.0 Å². The summed E-state index contributed by atoms with van der Waals surface area (Å²) in [5, 5.41) is 10.0. The van der Waals surface area contributed by atoms with E-state index in [2.05, 4.69) is 4.98 Å². The summed E-state index contributed by atoms with van der Waals surface area (Å²) in [6.07, 6.45) is 1.29. The number of halogens is 2. The minimum Gasteiger partial charge on any atom is -0.350 e. The van der Waals surface area contributed by atoms with E-state index in [9.17, 15) is 13.7 Å². The van der Waals surface area contributed by atoms with Crippen molar-refractivity contribution in [2.75, 3.05) is 5.75 Å². The topological polar surface area (TPSA) is 73.7 Å². The number of H-pyrrole nitrogens is 1. The highest BCUT2D eigenvalue weighted by Gasteiger charge is 2.23. The first kappa shape index (κ1) is 17.0. The SMILES string of the molecule is CCS(=O)(=O)c1c[nH]c(=S)c(C#N)c1-c1ccc(Cl)cc1Cl. The molecule has 22 heavy (non-hydrogen) atoms. The number of nitrogens with one attached hydrogen (secondary N) is 1. The Morgan fingerprint density at radius 2 is 2.05 bits per heavy atom. The van der Waals surface area contributed by atoms with Gasteiger partial charge < -0.3 is 4.98 Å². The van der Waals surface area contributed by atoms with Crippen molar-refractivity contribution in [3.63, 3.8) is 0 Å². The second-order valence-electron chi connectivity index (χ2n) is 4.37. The number of aromatic nitrogens is 1. The second kappa shape index (κ2) is 6.39. The molecule has 0 atom stereocenters. The largest absolute Gasteiger partial charge is 0.350 e. The van der Waals surface area contributed by atoms with Crippen LogP contribution in [-0.2, 0) is 9.84 Å². The first-order valence-electron chi connectivity index (χ1n) is 6.15. The molecule has 8 heteroatoms. The lowest BCUT2D eigenvalue weighted by molar-refractivity contribution is 0.597. The number of benzene rings is 1. The molecule has 2 aromatic rings. The molecule has 1 N–H and O–H groups in total. The normalized spacial score (nSPS) is 11.2. The fourth-order valence-corrected chi connectivity index (χ4v) is 3.76. The lowest BCUT2D eigenvalue weighted by Gasteiger charge is -2.13. The van der Waals surface area contributed by atoms with Crippen LogP contribution in [0.2, 0.25) is 10.0 Å². The molecule has 1 aromatic heterocycles. The van der Waals surface area contributed by atoms with E-state index in [1.807, 2.05) is 6.07 Å². The molecule has 2 rings (SSSR count). The van der Waals surface area contributed by atoms with E-state index in [4.69, 9.17) is 35.4 Å². The molecule has 0 fully saturated rings. The third-order valence-corrected chi connectivity index (χ3v) is 5.71. The van der Waals surface area contributed by atoms with Gasteiger partial charge in [0.2, 0.25) is 0 Å². The maximum Gasteiger partial charge on any atom is 0.180 e. The molecule has 0 unspecified atom stereocenters. The maximum atomic E-state index is 12.3. The molecule has 0 saturated heterocycles.